The molecular weight excluding hydrogens is 276 g/mol. The Kier molecular flexibility index (Phi) is 4.94. The van der Waals surface area contributed by atoms with Gasteiger partial charge in [-0.05, 0) is 38.5 Å². The lowest BCUT2D eigenvalue weighted by Gasteiger charge is -2.08. The number of ether oxygens (including phenoxy) is 1. The maximum absolute atomic E-state index is 12.2. The van der Waals surface area contributed by atoms with Crippen LogP contribution in [0.25, 0.3) is 0 Å². The average Bonchev–Trinajstić information content (AvgIpc) is 2.52. The lowest BCUT2D eigenvalue weighted by Crippen LogP contribution is -2.20. The first kappa shape index (κ1) is 15.8. The fourth-order valence-electron chi connectivity index (χ4n) is 2.31. The third-order valence-corrected chi connectivity index (χ3v) is 3.45. The van der Waals surface area contributed by atoms with Crippen molar-refractivity contribution in [2.75, 3.05) is 7.11 Å². The van der Waals surface area contributed by atoms with Gasteiger partial charge in [0, 0.05) is 5.56 Å². The van der Waals surface area contributed by atoms with E-state index in [0.29, 0.717) is 11.3 Å². The zero-order chi connectivity index (χ0) is 16.1. The van der Waals surface area contributed by atoms with Gasteiger partial charge in [0.1, 0.15) is 5.75 Å². The van der Waals surface area contributed by atoms with Crippen LogP contribution in [-0.4, -0.2) is 18.7 Å². The maximum Gasteiger partial charge on any atom is 0.275 e. The molecule has 0 aliphatic carbocycles. The average molecular weight is 296 g/mol. The molecule has 114 valence electrons. The molecule has 2 aromatic carbocycles. The molecule has 0 unspecified atom stereocenters. The molecular formula is C18H20N2O2. The molecule has 0 saturated carbocycles. The van der Waals surface area contributed by atoms with E-state index in [4.69, 9.17) is 4.74 Å². The van der Waals surface area contributed by atoms with Crippen LogP contribution in [0.4, 0.5) is 0 Å². The van der Waals surface area contributed by atoms with Crippen LogP contribution in [-0.2, 0) is 0 Å². The van der Waals surface area contributed by atoms with Gasteiger partial charge in [-0.2, -0.15) is 5.10 Å². The molecule has 0 heterocycles. The second kappa shape index (κ2) is 6.89. The number of nitrogens with one attached hydrogen (secondary N) is 1. The zero-order valence-corrected chi connectivity index (χ0v) is 13.3. The topological polar surface area (TPSA) is 50.7 Å². The summed E-state index contributed by atoms with van der Waals surface area (Å²) in [4.78, 5) is 12.2. The van der Waals surface area contributed by atoms with E-state index in [0.717, 1.165) is 16.8 Å². The summed E-state index contributed by atoms with van der Waals surface area (Å²) in [6.45, 7) is 5.95. The zero-order valence-electron chi connectivity index (χ0n) is 13.3. The number of para-hydroxylation sites is 1. The molecule has 0 bridgehead atoms. The summed E-state index contributed by atoms with van der Waals surface area (Å²) >= 11 is 0. The van der Waals surface area contributed by atoms with E-state index < -0.39 is 0 Å². The van der Waals surface area contributed by atoms with E-state index in [-0.39, 0.29) is 5.91 Å². The van der Waals surface area contributed by atoms with Gasteiger partial charge in [-0.3, -0.25) is 4.79 Å². The predicted molar refractivity (Wildman–Crippen MR) is 88.6 cm³/mol. The Labute approximate surface area is 130 Å². The van der Waals surface area contributed by atoms with E-state index in [2.05, 4.69) is 16.6 Å². The summed E-state index contributed by atoms with van der Waals surface area (Å²) in [6, 6.07) is 13.2. The summed E-state index contributed by atoms with van der Waals surface area (Å²) in [5, 5.41) is 4.20. The molecule has 0 aliphatic rings. The molecule has 0 spiro atoms. The number of carbonyl (C=O) groups excluding carboxylic acids is 1. The first-order valence-corrected chi connectivity index (χ1v) is 7.08. The molecule has 4 nitrogen and oxygen atoms in total. The van der Waals surface area contributed by atoms with Crippen molar-refractivity contribution in [2.24, 2.45) is 5.10 Å². The third-order valence-electron chi connectivity index (χ3n) is 3.45. The molecule has 0 radical (unpaired) electrons. The fourth-order valence-corrected chi connectivity index (χ4v) is 2.31. The van der Waals surface area contributed by atoms with Crippen molar-refractivity contribution in [3.8, 4) is 5.75 Å². The third kappa shape index (κ3) is 3.52. The number of hydrogen-bond acceptors (Lipinski definition) is 3. The van der Waals surface area contributed by atoms with Crippen molar-refractivity contribution in [1.29, 1.82) is 0 Å². The molecule has 0 atom stereocenters. The summed E-state index contributed by atoms with van der Waals surface area (Å²) < 4.78 is 5.18. The minimum Gasteiger partial charge on any atom is -0.496 e. The number of carbonyl (C=O) groups is 1. The number of nitrogens with zero attached hydrogens (tertiary/aromatic N) is 1. The number of rotatable bonds is 4. The highest BCUT2D eigenvalue weighted by Crippen LogP contribution is 2.17. The van der Waals surface area contributed by atoms with Gasteiger partial charge in [-0.1, -0.05) is 35.9 Å². The van der Waals surface area contributed by atoms with Gasteiger partial charge in [0.25, 0.3) is 5.91 Å². The lowest BCUT2D eigenvalue weighted by atomic mass is 10.0. The molecule has 1 amide bonds. The van der Waals surface area contributed by atoms with Crippen molar-refractivity contribution < 1.29 is 9.53 Å². The second-order valence-electron chi connectivity index (χ2n) is 5.16. The highest BCUT2D eigenvalue weighted by Gasteiger charge is 2.11. The minimum atomic E-state index is -0.290. The Morgan fingerprint density at radius 3 is 2.50 bits per heavy atom. The monoisotopic (exact) mass is 296 g/mol. The first-order valence-electron chi connectivity index (χ1n) is 7.08. The molecule has 4 heteroatoms. The standard InChI is InChI=1S/C18H20N2O2/c1-12-9-10-15(13(2)11-12)14(3)19-20-18(21)16-7-5-6-8-17(16)22-4/h5-11H,1-4H3,(H,20,21)/b19-14-. The molecule has 0 fully saturated rings. The van der Waals surface area contributed by atoms with Gasteiger partial charge in [0.2, 0.25) is 0 Å². The van der Waals surface area contributed by atoms with E-state index in [9.17, 15) is 4.79 Å². The van der Waals surface area contributed by atoms with Crippen molar-refractivity contribution in [1.82, 2.24) is 5.43 Å². The van der Waals surface area contributed by atoms with E-state index >= 15 is 0 Å². The largest absolute Gasteiger partial charge is 0.496 e. The van der Waals surface area contributed by atoms with Gasteiger partial charge in [-0.15, -0.1) is 0 Å². The van der Waals surface area contributed by atoms with Gasteiger partial charge in [0.05, 0.1) is 18.4 Å². The van der Waals surface area contributed by atoms with Crippen LogP contribution < -0.4 is 10.2 Å². The molecule has 2 rings (SSSR count). The van der Waals surface area contributed by atoms with Gasteiger partial charge in [-0.25, -0.2) is 5.43 Å². The highest BCUT2D eigenvalue weighted by molar-refractivity contribution is 6.02. The molecule has 1 N–H and O–H groups in total. The Hall–Kier alpha value is -2.62. The summed E-state index contributed by atoms with van der Waals surface area (Å²) in [7, 11) is 1.54. The van der Waals surface area contributed by atoms with Crippen LogP contribution in [0, 0.1) is 13.8 Å². The lowest BCUT2D eigenvalue weighted by molar-refractivity contribution is 0.0952. The maximum atomic E-state index is 12.2. The number of methoxy groups -OCH3 is 1. The number of amides is 1. The Morgan fingerprint density at radius 2 is 1.82 bits per heavy atom. The summed E-state index contributed by atoms with van der Waals surface area (Å²) in [5.41, 5.74) is 7.16. The number of hydrazone groups is 1. The van der Waals surface area contributed by atoms with Gasteiger partial charge >= 0.3 is 0 Å². The van der Waals surface area contributed by atoms with E-state index in [1.807, 2.05) is 39.0 Å². The smallest absolute Gasteiger partial charge is 0.275 e. The minimum absolute atomic E-state index is 0.290. The van der Waals surface area contributed by atoms with Gasteiger partial charge in [0.15, 0.2) is 0 Å². The molecule has 22 heavy (non-hydrogen) atoms. The van der Waals surface area contributed by atoms with Crippen LogP contribution in [0.1, 0.15) is 34.0 Å². The van der Waals surface area contributed by atoms with Crippen LogP contribution >= 0.6 is 0 Å². The fraction of sp³-hybridized carbons (Fsp3) is 0.222. The number of benzene rings is 2. The highest BCUT2D eigenvalue weighted by atomic mass is 16.5. The first-order chi connectivity index (χ1) is 10.5. The van der Waals surface area contributed by atoms with Crippen LogP contribution in [0.2, 0.25) is 0 Å². The van der Waals surface area contributed by atoms with Crippen molar-refractivity contribution in [2.45, 2.75) is 20.8 Å². The van der Waals surface area contributed by atoms with Crippen molar-refractivity contribution >= 4 is 11.6 Å². The summed E-state index contributed by atoms with van der Waals surface area (Å²) in [5.74, 6) is 0.237. The SMILES string of the molecule is COc1ccccc1C(=O)N/N=C(/C)c1ccc(C)cc1C. The summed E-state index contributed by atoms with van der Waals surface area (Å²) in [6.07, 6.45) is 0. The molecule has 0 aliphatic heterocycles. The molecule has 2 aromatic rings. The van der Waals surface area contributed by atoms with Crippen LogP contribution in [0.5, 0.6) is 5.75 Å². The quantitative estimate of drug-likeness (QED) is 0.694. The molecule has 0 aromatic heterocycles. The van der Waals surface area contributed by atoms with Crippen molar-refractivity contribution in [3.63, 3.8) is 0 Å². The molecule has 0 saturated heterocycles. The Bertz CT molecular complexity index is 721. The van der Waals surface area contributed by atoms with Crippen LogP contribution in [0.15, 0.2) is 47.6 Å². The number of hydrogen-bond donors (Lipinski definition) is 1. The second-order valence-corrected chi connectivity index (χ2v) is 5.16. The van der Waals surface area contributed by atoms with E-state index in [1.165, 1.54) is 12.7 Å². The van der Waals surface area contributed by atoms with Crippen molar-refractivity contribution in [3.05, 3.63) is 64.7 Å². The Morgan fingerprint density at radius 1 is 1.09 bits per heavy atom. The number of aryl methyl sites for hydroxylation is 2. The normalized spacial score (nSPS) is 11.2. The Balaban J connectivity index is 2.18. The van der Waals surface area contributed by atoms with E-state index in [1.54, 1.807) is 18.2 Å². The predicted octanol–water partition coefficient (Wildman–Crippen LogP) is 3.47. The van der Waals surface area contributed by atoms with Gasteiger partial charge < -0.3 is 4.74 Å². The van der Waals surface area contributed by atoms with Crippen LogP contribution in [0.3, 0.4) is 0 Å².